The zero-order chi connectivity index (χ0) is 22.1. The SMILES string of the molecule is Cc1ccc(Sc2nccn3c(=O)n(CC(=O)Nc4cc(F)ccc4Cl)nc23)c(C)c1. The number of aryl methyl sites for hydroxylation is 2. The Morgan fingerprint density at radius 1 is 1.23 bits per heavy atom. The second kappa shape index (κ2) is 8.52. The van der Waals surface area contributed by atoms with Crippen LogP contribution in [0.1, 0.15) is 11.1 Å². The molecule has 0 bridgehead atoms. The van der Waals surface area contributed by atoms with Gasteiger partial charge in [0, 0.05) is 17.3 Å². The van der Waals surface area contributed by atoms with E-state index in [1.54, 1.807) is 0 Å². The third kappa shape index (κ3) is 4.47. The summed E-state index contributed by atoms with van der Waals surface area (Å²) in [6, 6.07) is 9.69. The third-order valence-corrected chi connectivity index (χ3v) is 5.99. The van der Waals surface area contributed by atoms with Crippen molar-refractivity contribution >= 4 is 40.6 Å². The number of hydrogen-bond acceptors (Lipinski definition) is 5. The fourth-order valence-electron chi connectivity index (χ4n) is 3.04. The summed E-state index contributed by atoms with van der Waals surface area (Å²) in [5.74, 6) is -1.10. The van der Waals surface area contributed by atoms with Gasteiger partial charge in [0.25, 0.3) is 0 Å². The Labute approximate surface area is 185 Å². The van der Waals surface area contributed by atoms with Crippen LogP contribution in [0.15, 0.2) is 63.5 Å². The zero-order valence-corrected chi connectivity index (χ0v) is 18.2. The molecule has 1 amide bonds. The average Bonchev–Trinajstić information content (AvgIpc) is 3.03. The number of carbonyl (C=O) groups excluding carboxylic acids is 1. The van der Waals surface area contributed by atoms with Crippen molar-refractivity contribution in [3.63, 3.8) is 0 Å². The lowest BCUT2D eigenvalue weighted by molar-refractivity contribution is -0.117. The van der Waals surface area contributed by atoms with E-state index in [0.29, 0.717) is 10.7 Å². The van der Waals surface area contributed by atoms with Gasteiger partial charge in [-0.2, -0.15) is 0 Å². The minimum Gasteiger partial charge on any atom is -0.323 e. The summed E-state index contributed by atoms with van der Waals surface area (Å²) in [4.78, 5) is 30.5. The highest BCUT2D eigenvalue weighted by atomic mass is 35.5. The van der Waals surface area contributed by atoms with Crippen molar-refractivity contribution in [2.75, 3.05) is 5.32 Å². The molecule has 10 heteroatoms. The molecule has 0 fully saturated rings. The van der Waals surface area contributed by atoms with Gasteiger partial charge in [-0.15, -0.1) is 5.10 Å². The van der Waals surface area contributed by atoms with Gasteiger partial charge in [0.05, 0.1) is 10.7 Å². The van der Waals surface area contributed by atoms with Crippen molar-refractivity contribution in [2.24, 2.45) is 0 Å². The Hall–Kier alpha value is -3.17. The van der Waals surface area contributed by atoms with E-state index in [2.05, 4.69) is 21.5 Å². The minimum absolute atomic E-state index is 0.122. The maximum Gasteiger partial charge on any atom is 0.350 e. The largest absolute Gasteiger partial charge is 0.350 e. The van der Waals surface area contributed by atoms with Gasteiger partial charge in [0.15, 0.2) is 5.65 Å². The molecule has 0 aliphatic rings. The van der Waals surface area contributed by atoms with Gasteiger partial charge in [-0.25, -0.2) is 23.3 Å². The molecule has 0 radical (unpaired) electrons. The number of rotatable bonds is 5. The smallest absolute Gasteiger partial charge is 0.323 e. The molecule has 2 heterocycles. The third-order valence-electron chi connectivity index (χ3n) is 4.50. The summed E-state index contributed by atoms with van der Waals surface area (Å²) >= 11 is 7.37. The maximum absolute atomic E-state index is 13.4. The van der Waals surface area contributed by atoms with Gasteiger partial charge in [0.1, 0.15) is 17.4 Å². The van der Waals surface area contributed by atoms with Crippen molar-refractivity contribution in [3.05, 3.63) is 81.2 Å². The van der Waals surface area contributed by atoms with E-state index in [9.17, 15) is 14.0 Å². The number of aromatic nitrogens is 4. The highest BCUT2D eigenvalue weighted by molar-refractivity contribution is 7.99. The first-order valence-electron chi connectivity index (χ1n) is 9.26. The monoisotopic (exact) mass is 457 g/mol. The van der Waals surface area contributed by atoms with E-state index in [0.717, 1.165) is 26.8 Å². The van der Waals surface area contributed by atoms with Crippen LogP contribution in [0.3, 0.4) is 0 Å². The molecule has 0 unspecified atom stereocenters. The van der Waals surface area contributed by atoms with Crippen LogP contribution in [0.2, 0.25) is 5.02 Å². The number of hydrogen-bond donors (Lipinski definition) is 1. The first-order valence-corrected chi connectivity index (χ1v) is 10.5. The predicted molar refractivity (Wildman–Crippen MR) is 117 cm³/mol. The summed E-state index contributed by atoms with van der Waals surface area (Å²) in [6.45, 7) is 3.66. The second-order valence-electron chi connectivity index (χ2n) is 6.91. The Morgan fingerprint density at radius 2 is 2.03 bits per heavy atom. The number of nitrogens with zero attached hydrogens (tertiary/aromatic N) is 4. The zero-order valence-electron chi connectivity index (χ0n) is 16.6. The molecule has 7 nitrogen and oxygen atoms in total. The summed E-state index contributed by atoms with van der Waals surface area (Å²) < 4.78 is 15.8. The molecule has 0 aliphatic carbocycles. The topological polar surface area (TPSA) is 81.3 Å². The molecule has 4 aromatic rings. The standard InChI is InChI=1S/C21H17ClFN5O2S/c1-12-3-6-17(13(2)9-12)31-20-19-26-28(21(30)27(19)8-7-24-20)11-18(29)25-16-10-14(23)4-5-15(16)22/h3-10H,11H2,1-2H3,(H,25,29). The van der Waals surface area contributed by atoms with Crippen LogP contribution >= 0.6 is 23.4 Å². The molecule has 0 aliphatic heterocycles. The number of amides is 1. The molecule has 2 aromatic heterocycles. The van der Waals surface area contributed by atoms with Crippen molar-refractivity contribution < 1.29 is 9.18 Å². The fourth-order valence-corrected chi connectivity index (χ4v) is 4.11. The Morgan fingerprint density at radius 3 is 2.81 bits per heavy atom. The van der Waals surface area contributed by atoms with Crippen LogP contribution in [0.25, 0.3) is 5.65 Å². The molecule has 1 N–H and O–H groups in total. The first-order chi connectivity index (χ1) is 14.8. The lowest BCUT2D eigenvalue weighted by atomic mass is 10.2. The Kier molecular flexibility index (Phi) is 5.79. The summed E-state index contributed by atoms with van der Waals surface area (Å²) in [5.41, 5.74) is 2.21. The van der Waals surface area contributed by atoms with Crippen LogP contribution in [0.5, 0.6) is 0 Å². The predicted octanol–water partition coefficient (Wildman–Crippen LogP) is 4.09. The minimum atomic E-state index is -0.561. The highest BCUT2D eigenvalue weighted by Crippen LogP contribution is 2.31. The number of halogens is 2. The molecular weight excluding hydrogens is 441 g/mol. The fraction of sp³-hybridized carbons (Fsp3) is 0.143. The second-order valence-corrected chi connectivity index (χ2v) is 8.35. The van der Waals surface area contributed by atoms with Crippen LogP contribution in [0, 0.1) is 19.7 Å². The lowest BCUT2D eigenvalue weighted by Crippen LogP contribution is -2.28. The molecule has 0 spiro atoms. The Bertz CT molecular complexity index is 1370. The number of benzene rings is 2. The van der Waals surface area contributed by atoms with Gasteiger partial charge in [-0.05, 0) is 43.7 Å². The summed E-state index contributed by atoms with van der Waals surface area (Å²) in [7, 11) is 0. The lowest BCUT2D eigenvalue weighted by Gasteiger charge is -2.07. The van der Waals surface area contributed by atoms with Gasteiger partial charge < -0.3 is 5.32 Å². The quantitative estimate of drug-likeness (QED) is 0.488. The molecule has 31 heavy (non-hydrogen) atoms. The molecule has 0 saturated carbocycles. The van der Waals surface area contributed by atoms with E-state index < -0.39 is 17.4 Å². The van der Waals surface area contributed by atoms with Crippen LogP contribution in [0.4, 0.5) is 10.1 Å². The van der Waals surface area contributed by atoms with Crippen molar-refractivity contribution in [1.82, 2.24) is 19.2 Å². The van der Waals surface area contributed by atoms with Gasteiger partial charge in [0.2, 0.25) is 5.91 Å². The van der Waals surface area contributed by atoms with Crippen molar-refractivity contribution in [1.29, 1.82) is 0 Å². The van der Waals surface area contributed by atoms with Crippen LogP contribution in [-0.2, 0) is 11.3 Å². The van der Waals surface area contributed by atoms with E-state index >= 15 is 0 Å². The number of nitrogens with one attached hydrogen (secondary N) is 1. The summed E-state index contributed by atoms with van der Waals surface area (Å²) in [5, 5.41) is 7.52. The first kappa shape index (κ1) is 21.1. The number of fused-ring (bicyclic) bond motifs is 1. The molecule has 0 atom stereocenters. The highest BCUT2D eigenvalue weighted by Gasteiger charge is 2.16. The number of anilines is 1. The van der Waals surface area contributed by atoms with Crippen molar-refractivity contribution in [3.8, 4) is 0 Å². The molecule has 4 rings (SSSR count). The average molecular weight is 458 g/mol. The van der Waals surface area contributed by atoms with E-state index in [4.69, 9.17) is 11.6 Å². The number of carbonyl (C=O) groups is 1. The summed E-state index contributed by atoms with van der Waals surface area (Å²) in [6.07, 6.45) is 3.01. The van der Waals surface area contributed by atoms with Gasteiger partial charge in [-0.3, -0.25) is 4.79 Å². The molecular formula is C21H17ClFN5O2S. The van der Waals surface area contributed by atoms with E-state index in [-0.39, 0.29) is 17.3 Å². The van der Waals surface area contributed by atoms with Crippen LogP contribution < -0.4 is 11.0 Å². The van der Waals surface area contributed by atoms with Gasteiger partial charge in [-0.1, -0.05) is 41.1 Å². The van der Waals surface area contributed by atoms with E-state index in [1.807, 2.05) is 26.0 Å². The molecule has 2 aromatic carbocycles. The van der Waals surface area contributed by atoms with Crippen LogP contribution in [-0.4, -0.2) is 25.1 Å². The van der Waals surface area contributed by atoms with Gasteiger partial charge >= 0.3 is 5.69 Å². The molecule has 158 valence electrons. The Balaban J connectivity index is 1.62. The normalized spacial score (nSPS) is 11.1. The van der Waals surface area contributed by atoms with E-state index in [1.165, 1.54) is 40.7 Å². The molecule has 0 saturated heterocycles. The van der Waals surface area contributed by atoms with Crippen molar-refractivity contribution in [2.45, 2.75) is 30.3 Å². The maximum atomic E-state index is 13.4.